The first-order valence-electron chi connectivity index (χ1n) is 4.55. The van der Waals surface area contributed by atoms with Gasteiger partial charge in [0.15, 0.2) is 5.82 Å². The number of rotatable bonds is 4. The standard InChI is InChI=1S/C10H11N3OS/c1-11-8-4-2-3-5-9(8)15-6-10-12-7-14-13-10/h2-5,7,11H,6H2,1H3. The third kappa shape index (κ3) is 2.50. The van der Waals surface area contributed by atoms with E-state index in [9.17, 15) is 0 Å². The van der Waals surface area contributed by atoms with Crippen LogP contribution in [0.25, 0.3) is 0 Å². The molecule has 0 aliphatic rings. The lowest BCUT2D eigenvalue weighted by atomic mass is 10.3. The number of nitrogens with zero attached hydrogens (tertiary/aromatic N) is 2. The summed E-state index contributed by atoms with van der Waals surface area (Å²) in [4.78, 5) is 5.15. The molecule has 78 valence electrons. The fraction of sp³-hybridized carbons (Fsp3) is 0.200. The molecule has 5 heteroatoms. The van der Waals surface area contributed by atoms with Gasteiger partial charge in [-0.25, -0.2) is 0 Å². The molecule has 0 atom stereocenters. The number of hydrogen-bond acceptors (Lipinski definition) is 5. The zero-order valence-corrected chi connectivity index (χ0v) is 9.12. The number of para-hydroxylation sites is 1. The molecular formula is C10H11N3OS. The minimum atomic E-state index is 0.714. The third-order valence-corrected chi connectivity index (χ3v) is 2.99. The van der Waals surface area contributed by atoms with E-state index in [1.807, 2.05) is 25.2 Å². The molecule has 1 aromatic heterocycles. The zero-order valence-electron chi connectivity index (χ0n) is 8.30. The second-order valence-electron chi connectivity index (χ2n) is 2.88. The maximum Gasteiger partial charge on any atom is 0.213 e. The molecule has 1 aromatic carbocycles. The number of anilines is 1. The van der Waals surface area contributed by atoms with Gasteiger partial charge in [-0.3, -0.25) is 0 Å². The van der Waals surface area contributed by atoms with Crippen molar-refractivity contribution in [2.24, 2.45) is 0 Å². The maximum absolute atomic E-state index is 4.67. The van der Waals surface area contributed by atoms with Crippen LogP contribution < -0.4 is 5.32 Å². The summed E-state index contributed by atoms with van der Waals surface area (Å²) in [5.41, 5.74) is 1.12. The summed E-state index contributed by atoms with van der Waals surface area (Å²) in [6.45, 7) is 0. The summed E-state index contributed by atoms with van der Waals surface area (Å²) in [5.74, 6) is 1.43. The topological polar surface area (TPSA) is 51.0 Å². The second-order valence-corrected chi connectivity index (χ2v) is 3.90. The molecule has 0 radical (unpaired) electrons. The number of hydrogen-bond donors (Lipinski definition) is 1. The molecule has 0 aliphatic heterocycles. The molecule has 1 heterocycles. The Balaban J connectivity index is 2.04. The van der Waals surface area contributed by atoms with E-state index >= 15 is 0 Å². The van der Waals surface area contributed by atoms with E-state index in [2.05, 4.69) is 26.0 Å². The molecule has 4 nitrogen and oxygen atoms in total. The number of thioether (sulfide) groups is 1. The lowest BCUT2D eigenvalue weighted by Crippen LogP contribution is -1.91. The molecular weight excluding hydrogens is 210 g/mol. The highest BCUT2D eigenvalue weighted by atomic mass is 32.2. The van der Waals surface area contributed by atoms with Gasteiger partial charge in [-0.15, -0.1) is 11.8 Å². The summed E-state index contributed by atoms with van der Waals surface area (Å²) in [7, 11) is 1.91. The van der Waals surface area contributed by atoms with Crippen LogP contribution in [0.2, 0.25) is 0 Å². The first-order valence-corrected chi connectivity index (χ1v) is 5.53. The lowest BCUT2D eigenvalue weighted by Gasteiger charge is -2.06. The summed E-state index contributed by atoms with van der Waals surface area (Å²) < 4.78 is 4.67. The quantitative estimate of drug-likeness (QED) is 0.803. The number of aromatic nitrogens is 2. The van der Waals surface area contributed by atoms with Gasteiger partial charge >= 0.3 is 0 Å². The predicted octanol–water partition coefficient (Wildman–Crippen LogP) is 2.40. The monoisotopic (exact) mass is 221 g/mol. The van der Waals surface area contributed by atoms with E-state index in [1.54, 1.807) is 11.8 Å². The minimum absolute atomic E-state index is 0.714. The fourth-order valence-corrected chi connectivity index (χ4v) is 2.11. The van der Waals surface area contributed by atoms with Crippen molar-refractivity contribution in [1.29, 1.82) is 0 Å². The van der Waals surface area contributed by atoms with E-state index in [0.717, 1.165) is 11.4 Å². The van der Waals surface area contributed by atoms with Crippen molar-refractivity contribution in [3.8, 4) is 0 Å². The number of benzene rings is 1. The Kier molecular flexibility index (Phi) is 3.24. The average Bonchev–Trinajstić information content (AvgIpc) is 2.79. The Hall–Kier alpha value is -1.49. The van der Waals surface area contributed by atoms with E-state index in [4.69, 9.17) is 0 Å². The SMILES string of the molecule is CNc1ccccc1SCc1ncon1. The lowest BCUT2D eigenvalue weighted by molar-refractivity contribution is 0.412. The van der Waals surface area contributed by atoms with Crippen LogP contribution in [0.1, 0.15) is 5.82 Å². The largest absolute Gasteiger partial charge is 0.387 e. The van der Waals surface area contributed by atoms with Crippen LogP contribution in [-0.2, 0) is 5.75 Å². The molecule has 0 unspecified atom stereocenters. The van der Waals surface area contributed by atoms with Crippen LogP contribution in [0.15, 0.2) is 40.1 Å². The van der Waals surface area contributed by atoms with Crippen molar-refractivity contribution < 1.29 is 4.52 Å². The van der Waals surface area contributed by atoms with Crippen molar-refractivity contribution in [1.82, 2.24) is 10.1 Å². The molecule has 2 aromatic rings. The molecule has 0 bridgehead atoms. The molecule has 15 heavy (non-hydrogen) atoms. The Morgan fingerprint density at radius 3 is 3.00 bits per heavy atom. The molecule has 0 aliphatic carbocycles. The van der Waals surface area contributed by atoms with Crippen molar-refractivity contribution in [3.63, 3.8) is 0 Å². The van der Waals surface area contributed by atoms with Gasteiger partial charge in [-0.2, -0.15) is 4.98 Å². The van der Waals surface area contributed by atoms with Gasteiger partial charge in [0.1, 0.15) is 0 Å². The smallest absolute Gasteiger partial charge is 0.213 e. The normalized spacial score (nSPS) is 10.2. The average molecular weight is 221 g/mol. The van der Waals surface area contributed by atoms with Gasteiger partial charge in [0.05, 0.1) is 5.75 Å². The number of nitrogens with one attached hydrogen (secondary N) is 1. The fourth-order valence-electron chi connectivity index (χ4n) is 1.20. The van der Waals surface area contributed by atoms with Crippen LogP contribution >= 0.6 is 11.8 Å². The van der Waals surface area contributed by atoms with Gasteiger partial charge in [-0.05, 0) is 12.1 Å². The van der Waals surface area contributed by atoms with Crippen LogP contribution in [0.5, 0.6) is 0 Å². The van der Waals surface area contributed by atoms with Gasteiger partial charge in [0.2, 0.25) is 6.39 Å². The Bertz CT molecular complexity index is 416. The maximum atomic E-state index is 4.67. The molecule has 0 saturated heterocycles. The zero-order chi connectivity index (χ0) is 10.5. The molecule has 0 amide bonds. The first kappa shape index (κ1) is 10.0. The van der Waals surface area contributed by atoms with E-state index in [-0.39, 0.29) is 0 Å². The van der Waals surface area contributed by atoms with Crippen LogP contribution in [0.4, 0.5) is 5.69 Å². The van der Waals surface area contributed by atoms with Crippen LogP contribution in [0.3, 0.4) is 0 Å². The van der Waals surface area contributed by atoms with E-state index in [0.29, 0.717) is 5.82 Å². The Labute approximate surface area is 92.1 Å². The highest BCUT2D eigenvalue weighted by molar-refractivity contribution is 7.98. The summed E-state index contributed by atoms with van der Waals surface area (Å²) in [6.07, 6.45) is 1.35. The Morgan fingerprint density at radius 1 is 1.40 bits per heavy atom. The van der Waals surface area contributed by atoms with Crippen molar-refractivity contribution >= 4 is 17.4 Å². The summed E-state index contributed by atoms with van der Waals surface area (Å²) in [5, 5.41) is 6.90. The van der Waals surface area contributed by atoms with Crippen LogP contribution in [-0.4, -0.2) is 17.2 Å². The first-order chi connectivity index (χ1) is 7.40. The Morgan fingerprint density at radius 2 is 2.27 bits per heavy atom. The molecule has 2 rings (SSSR count). The van der Waals surface area contributed by atoms with Gasteiger partial charge in [0.25, 0.3) is 0 Å². The van der Waals surface area contributed by atoms with Crippen molar-refractivity contribution in [2.45, 2.75) is 10.6 Å². The molecule has 0 fully saturated rings. The van der Waals surface area contributed by atoms with Gasteiger partial charge < -0.3 is 9.84 Å². The third-order valence-electron chi connectivity index (χ3n) is 1.92. The minimum Gasteiger partial charge on any atom is -0.387 e. The molecule has 0 saturated carbocycles. The highest BCUT2D eigenvalue weighted by Gasteiger charge is 2.03. The molecule has 1 N–H and O–H groups in total. The van der Waals surface area contributed by atoms with E-state index in [1.165, 1.54) is 11.3 Å². The van der Waals surface area contributed by atoms with Crippen molar-refractivity contribution in [3.05, 3.63) is 36.5 Å². The molecule has 0 spiro atoms. The highest BCUT2D eigenvalue weighted by Crippen LogP contribution is 2.28. The van der Waals surface area contributed by atoms with Crippen molar-refractivity contribution in [2.75, 3.05) is 12.4 Å². The van der Waals surface area contributed by atoms with Crippen LogP contribution in [0, 0.1) is 0 Å². The van der Waals surface area contributed by atoms with Gasteiger partial charge in [0, 0.05) is 17.6 Å². The summed E-state index contributed by atoms with van der Waals surface area (Å²) >= 11 is 1.68. The van der Waals surface area contributed by atoms with E-state index < -0.39 is 0 Å². The van der Waals surface area contributed by atoms with Gasteiger partial charge in [-0.1, -0.05) is 17.3 Å². The second kappa shape index (κ2) is 4.84. The summed E-state index contributed by atoms with van der Waals surface area (Å²) in [6, 6.07) is 8.12. The predicted molar refractivity (Wildman–Crippen MR) is 59.8 cm³/mol.